The van der Waals surface area contributed by atoms with Crippen LogP contribution in [0.25, 0.3) is 0 Å². The second-order valence-electron chi connectivity index (χ2n) is 14.9. The third kappa shape index (κ3) is 5.12. The average molecular weight is 593 g/mol. The van der Waals surface area contributed by atoms with Crippen LogP contribution >= 0.6 is 0 Å². The van der Waals surface area contributed by atoms with Gasteiger partial charge in [-0.05, 0) is 70.6 Å². The Kier molecular flexibility index (Phi) is 8.51. The molecule has 2 saturated carbocycles. The molecular formula is C32H48O10. The molecule has 10 heteroatoms. The van der Waals surface area contributed by atoms with E-state index in [0.29, 0.717) is 12.0 Å². The largest absolute Gasteiger partial charge is 0.481 e. The van der Waals surface area contributed by atoms with Crippen molar-refractivity contribution in [2.24, 2.45) is 39.4 Å². The lowest BCUT2D eigenvalue weighted by atomic mass is 9.39. The topological polar surface area (TPSA) is 176 Å². The lowest BCUT2D eigenvalue weighted by Crippen LogP contribution is -2.64. The zero-order valence-corrected chi connectivity index (χ0v) is 26.4. The van der Waals surface area contributed by atoms with Crippen molar-refractivity contribution in [3.05, 3.63) is 11.6 Å². The van der Waals surface area contributed by atoms with Gasteiger partial charge in [-0.2, -0.15) is 0 Å². The first kappa shape index (κ1) is 33.9. The van der Waals surface area contributed by atoms with E-state index in [1.807, 2.05) is 13.8 Å². The van der Waals surface area contributed by atoms with E-state index < -0.39 is 86.8 Å². The fourth-order valence-corrected chi connectivity index (χ4v) is 9.04. The number of ketones is 2. The molecule has 2 fully saturated rings. The molecule has 0 heterocycles. The Morgan fingerprint density at radius 2 is 1.60 bits per heavy atom. The first-order chi connectivity index (χ1) is 18.9. The van der Waals surface area contributed by atoms with E-state index in [1.54, 1.807) is 26.8 Å². The minimum Gasteiger partial charge on any atom is -0.481 e. The van der Waals surface area contributed by atoms with Crippen molar-refractivity contribution >= 4 is 29.5 Å². The molecule has 0 radical (unpaired) electrons. The molecule has 0 aliphatic heterocycles. The van der Waals surface area contributed by atoms with Crippen molar-refractivity contribution in [1.82, 2.24) is 0 Å². The summed E-state index contributed by atoms with van der Waals surface area (Å²) in [7, 11) is 0. The highest BCUT2D eigenvalue weighted by atomic mass is 16.6. The third-order valence-corrected chi connectivity index (χ3v) is 11.5. The van der Waals surface area contributed by atoms with Gasteiger partial charge in [0.1, 0.15) is 17.0 Å². The summed E-state index contributed by atoms with van der Waals surface area (Å²) in [5.41, 5.74) is -7.00. The van der Waals surface area contributed by atoms with Crippen molar-refractivity contribution in [3.8, 4) is 0 Å². The molecule has 0 unspecified atom stereocenters. The highest BCUT2D eigenvalue weighted by molar-refractivity contribution is 5.91. The lowest BCUT2D eigenvalue weighted by Gasteiger charge is -2.63. The smallest absolute Gasteiger partial charge is 0.313 e. The van der Waals surface area contributed by atoms with Gasteiger partial charge in [-0.25, -0.2) is 0 Å². The third-order valence-electron chi connectivity index (χ3n) is 11.5. The summed E-state index contributed by atoms with van der Waals surface area (Å²) in [5, 5.41) is 43.2. The second kappa shape index (κ2) is 10.5. The second-order valence-corrected chi connectivity index (χ2v) is 14.9. The van der Waals surface area contributed by atoms with Gasteiger partial charge in [0.05, 0.1) is 17.9 Å². The van der Waals surface area contributed by atoms with Crippen LogP contribution in [0.3, 0.4) is 0 Å². The van der Waals surface area contributed by atoms with Gasteiger partial charge in [-0.15, -0.1) is 0 Å². The molecule has 236 valence electrons. The fraction of sp³-hybridized carbons (Fsp3) is 0.781. The molecular weight excluding hydrogens is 544 g/mol. The highest BCUT2D eigenvalue weighted by Crippen LogP contribution is 2.73. The minimum absolute atomic E-state index is 0.114. The van der Waals surface area contributed by atoms with Crippen LogP contribution in [0.1, 0.15) is 101 Å². The molecule has 0 saturated heterocycles. The van der Waals surface area contributed by atoms with Gasteiger partial charge in [0.15, 0.2) is 5.78 Å². The Labute approximate surface area is 247 Å². The Morgan fingerprint density at radius 3 is 2.10 bits per heavy atom. The van der Waals surface area contributed by atoms with Crippen molar-refractivity contribution in [3.63, 3.8) is 0 Å². The molecule has 0 aromatic carbocycles. The van der Waals surface area contributed by atoms with Crippen molar-refractivity contribution in [1.29, 1.82) is 0 Å². The summed E-state index contributed by atoms with van der Waals surface area (Å²) in [6, 6.07) is 0. The van der Waals surface area contributed by atoms with Crippen LogP contribution in [-0.4, -0.2) is 67.2 Å². The first-order valence-corrected chi connectivity index (χ1v) is 14.7. The molecule has 0 aromatic rings. The van der Waals surface area contributed by atoms with Gasteiger partial charge in [-0.3, -0.25) is 24.0 Å². The van der Waals surface area contributed by atoms with Crippen LogP contribution in [0.15, 0.2) is 11.6 Å². The quantitative estimate of drug-likeness (QED) is 0.215. The number of carbonyl (C=O) groups is 5. The van der Waals surface area contributed by atoms with Crippen LogP contribution in [0.4, 0.5) is 0 Å². The van der Waals surface area contributed by atoms with Crippen LogP contribution in [0.2, 0.25) is 0 Å². The number of rotatable bonds is 10. The molecule has 3 aliphatic carbocycles. The van der Waals surface area contributed by atoms with E-state index in [2.05, 4.69) is 0 Å². The van der Waals surface area contributed by atoms with Crippen molar-refractivity contribution in [2.45, 2.75) is 118 Å². The number of aliphatic hydroxyl groups is 2. The summed E-state index contributed by atoms with van der Waals surface area (Å²) in [4.78, 5) is 63.6. The normalized spacial score (nSPS) is 36.3. The van der Waals surface area contributed by atoms with E-state index in [4.69, 9.17) is 4.74 Å². The number of hydrogen-bond donors (Lipinski definition) is 4. The number of hydrogen-bond acceptors (Lipinski definition) is 8. The van der Waals surface area contributed by atoms with Gasteiger partial charge >= 0.3 is 17.9 Å². The number of aliphatic carboxylic acids is 2. The molecule has 0 amide bonds. The van der Waals surface area contributed by atoms with Gasteiger partial charge in [0.2, 0.25) is 0 Å². The van der Waals surface area contributed by atoms with Crippen molar-refractivity contribution < 1.29 is 49.1 Å². The molecule has 3 aliphatic rings. The molecule has 10 nitrogen and oxygen atoms in total. The number of fused-ring (bicyclic) bond motifs is 3. The number of carbonyl (C=O) groups excluding carboxylic acids is 3. The summed E-state index contributed by atoms with van der Waals surface area (Å²) >= 11 is 0. The van der Waals surface area contributed by atoms with Gasteiger partial charge in [-0.1, -0.05) is 32.4 Å². The summed E-state index contributed by atoms with van der Waals surface area (Å²) in [5.74, 6) is -5.89. The lowest BCUT2D eigenvalue weighted by molar-refractivity contribution is -0.183. The molecule has 3 rings (SSSR count). The van der Waals surface area contributed by atoms with Crippen LogP contribution in [0, 0.1) is 39.4 Å². The van der Waals surface area contributed by atoms with Crippen LogP contribution in [-0.2, 0) is 28.7 Å². The Hall–Kier alpha value is -2.59. The summed E-state index contributed by atoms with van der Waals surface area (Å²) < 4.78 is 5.29. The maximum Gasteiger partial charge on any atom is 0.313 e. The molecule has 0 aromatic heterocycles. The number of Topliss-reactive ketones (excluding diaryl/α,β-unsaturated/α-hetero) is 2. The number of carboxylic acid groups (broad SMARTS) is 2. The minimum atomic E-state index is -2.01. The van der Waals surface area contributed by atoms with Crippen molar-refractivity contribution in [2.75, 3.05) is 0 Å². The Bertz CT molecular complexity index is 1210. The maximum absolute atomic E-state index is 14.3. The Balaban J connectivity index is 2.07. The zero-order chi connectivity index (χ0) is 32.4. The number of carboxylic acids is 2. The monoisotopic (exact) mass is 592 g/mol. The molecule has 0 spiro atoms. The highest BCUT2D eigenvalue weighted by Gasteiger charge is 2.74. The van der Waals surface area contributed by atoms with Crippen LogP contribution < -0.4 is 0 Å². The molecule has 0 bridgehead atoms. The molecule has 8 atom stereocenters. The van der Waals surface area contributed by atoms with E-state index >= 15 is 0 Å². The summed E-state index contributed by atoms with van der Waals surface area (Å²) in [6.07, 6.45) is 0.605. The Morgan fingerprint density at radius 1 is 1.02 bits per heavy atom. The van der Waals surface area contributed by atoms with Crippen LogP contribution in [0.5, 0.6) is 0 Å². The predicted molar refractivity (Wildman–Crippen MR) is 152 cm³/mol. The predicted octanol–water partition coefficient (Wildman–Crippen LogP) is 3.95. The van der Waals surface area contributed by atoms with Gasteiger partial charge in [0, 0.05) is 37.0 Å². The fourth-order valence-electron chi connectivity index (χ4n) is 9.04. The van der Waals surface area contributed by atoms with E-state index in [1.165, 1.54) is 27.7 Å². The SMILES string of the molecule is CC(=O)OC(C)(C)CCC(=O)[C@](C)(O)[C@@H]1[C@H](O)C[C@]2(C)[C@@H]3CC=C(C(C)(C)C(=O)O)[C@H](CC(=O)O)[C@@]3(C)C(=O)C[C@]12C. The first-order valence-electron chi connectivity index (χ1n) is 14.7. The maximum atomic E-state index is 14.3. The van der Waals surface area contributed by atoms with Gasteiger partial charge in [0.25, 0.3) is 0 Å². The van der Waals surface area contributed by atoms with E-state index in [9.17, 15) is 44.4 Å². The zero-order valence-electron chi connectivity index (χ0n) is 26.4. The molecule has 42 heavy (non-hydrogen) atoms. The summed E-state index contributed by atoms with van der Waals surface area (Å²) in [6.45, 7) is 14.5. The standard InChI is InChI=1S/C32H48O10/c1-17(33)42-27(2,3)13-12-22(35)32(9,41)25-20(34)15-29(6)21-11-10-18(28(4,5)26(39)40)19(14-24(37)38)31(21,8)23(36)16-30(25,29)7/h10,19-21,25,34,41H,11-16H2,1-9H3,(H,37,38)(H,39,40)/t19-,20+,21-,25+,29+,30+,31+,32-/m0/s1. The molecule has 4 N–H and O–H groups in total. The van der Waals surface area contributed by atoms with E-state index in [0.717, 1.165) is 0 Å². The number of aliphatic hydroxyl groups excluding tert-OH is 1. The number of esters is 1. The van der Waals surface area contributed by atoms with E-state index in [-0.39, 0.29) is 31.5 Å². The number of allylic oxidation sites excluding steroid dienone is 1. The average Bonchev–Trinajstić information content (AvgIpc) is 3.02. The van der Waals surface area contributed by atoms with Gasteiger partial charge < -0.3 is 25.2 Å². The number of ether oxygens (including phenoxy) is 1.